The van der Waals surface area contributed by atoms with Gasteiger partial charge in [0.1, 0.15) is 0 Å². The van der Waals surface area contributed by atoms with E-state index in [1.807, 2.05) is 61.5 Å². The van der Waals surface area contributed by atoms with Gasteiger partial charge in [-0.25, -0.2) is 0 Å². The van der Waals surface area contributed by atoms with Crippen molar-refractivity contribution in [2.75, 3.05) is 5.43 Å². The van der Waals surface area contributed by atoms with Gasteiger partial charge >= 0.3 is 5.97 Å². The predicted octanol–water partition coefficient (Wildman–Crippen LogP) is 4.63. The first-order valence-corrected chi connectivity index (χ1v) is 9.30. The molecule has 1 aromatic heterocycles. The summed E-state index contributed by atoms with van der Waals surface area (Å²) in [5, 5.41) is 9.01. The second-order valence-corrected chi connectivity index (χ2v) is 7.17. The Bertz CT molecular complexity index is 977. The monoisotopic (exact) mass is 426 g/mol. The van der Waals surface area contributed by atoms with E-state index < -0.39 is 5.97 Å². The maximum absolute atomic E-state index is 12.7. The Kier molecular flexibility index (Phi) is 5.76. The van der Waals surface area contributed by atoms with Gasteiger partial charge in [-0.05, 0) is 43.3 Å². The van der Waals surface area contributed by atoms with Gasteiger partial charge in [0.2, 0.25) is 0 Å². The highest BCUT2D eigenvalue weighted by atomic mass is 79.9. The third kappa shape index (κ3) is 4.65. The number of carboxylic acid groups (broad SMARTS) is 1. The van der Waals surface area contributed by atoms with Crippen LogP contribution < -0.4 is 5.43 Å². The van der Waals surface area contributed by atoms with Crippen molar-refractivity contribution in [2.45, 2.75) is 19.8 Å². The van der Waals surface area contributed by atoms with Gasteiger partial charge in [0.15, 0.2) is 0 Å². The Morgan fingerprint density at radius 2 is 1.81 bits per heavy atom. The number of hydrogen-bond acceptors (Lipinski definition) is 2. The quantitative estimate of drug-likeness (QED) is 0.603. The number of aliphatic carboxylic acids is 1. The van der Waals surface area contributed by atoms with Gasteiger partial charge in [-0.3, -0.25) is 19.7 Å². The third-order valence-corrected chi connectivity index (χ3v) is 4.72. The van der Waals surface area contributed by atoms with E-state index in [2.05, 4.69) is 21.4 Å². The maximum atomic E-state index is 12.7. The summed E-state index contributed by atoms with van der Waals surface area (Å²) in [6.07, 6.45) is 0.310. The van der Waals surface area contributed by atoms with Gasteiger partial charge in [-0.1, -0.05) is 45.8 Å². The molecule has 0 aliphatic carbocycles. The van der Waals surface area contributed by atoms with Gasteiger partial charge in [-0.2, -0.15) is 0 Å². The zero-order chi connectivity index (χ0) is 19.4. The molecule has 3 aromatic rings. The summed E-state index contributed by atoms with van der Waals surface area (Å²) in [7, 11) is 0. The second kappa shape index (κ2) is 8.22. The largest absolute Gasteiger partial charge is 0.481 e. The van der Waals surface area contributed by atoms with E-state index in [0.717, 1.165) is 27.0 Å². The van der Waals surface area contributed by atoms with Crippen molar-refractivity contribution in [3.63, 3.8) is 0 Å². The normalized spacial score (nSPS) is 10.6. The van der Waals surface area contributed by atoms with Crippen LogP contribution in [-0.4, -0.2) is 21.7 Å². The van der Waals surface area contributed by atoms with Gasteiger partial charge < -0.3 is 5.11 Å². The van der Waals surface area contributed by atoms with Crippen LogP contribution in [0.5, 0.6) is 0 Å². The van der Waals surface area contributed by atoms with Gasteiger partial charge in [0.05, 0.1) is 12.1 Å². The van der Waals surface area contributed by atoms with E-state index >= 15 is 0 Å². The van der Waals surface area contributed by atoms with Gasteiger partial charge in [0, 0.05) is 27.7 Å². The van der Waals surface area contributed by atoms with E-state index in [-0.39, 0.29) is 12.3 Å². The number of carboxylic acids is 1. The van der Waals surface area contributed by atoms with Crippen LogP contribution in [0.3, 0.4) is 0 Å². The van der Waals surface area contributed by atoms with E-state index in [1.54, 1.807) is 10.7 Å². The molecule has 1 heterocycles. The molecule has 2 N–H and O–H groups in total. The first-order valence-electron chi connectivity index (χ1n) is 8.50. The van der Waals surface area contributed by atoms with Crippen molar-refractivity contribution in [2.24, 2.45) is 0 Å². The van der Waals surface area contributed by atoms with Crippen LogP contribution in [0, 0.1) is 6.92 Å². The topological polar surface area (TPSA) is 71.3 Å². The lowest BCUT2D eigenvalue weighted by Crippen LogP contribution is -2.25. The molecule has 0 fully saturated rings. The number of aryl methyl sites for hydroxylation is 2. The molecule has 2 aromatic carbocycles. The number of rotatable bonds is 6. The Morgan fingerprint density at radius 3 is 2.48 bits per heavy atom. The molecule has 0 bridgehead atoms. The highest BCUT2D eigenvalue weighted by molar-refractivity contribution is 9.10. The molecule has 0 saturated heterocycles. The highest BCUT2D eigenvalue weighted by Gasteiger charge is 2.15. The first-order chi connectivity index (χ1) is 12.9. The summed E-state index contributed by atoms with van der Waals surface area (Å²) in [5.41, 5.74) is 6.91. The highest BCUT2D eigenvalue weighted by Crippen LogP contribution is 2.24. The van der Waals surface area contributed by atoms with Crippen LogP contribution in [0.25, 0.3) is 11.3 Å². The predicted molar refractivity (Wildman–Crippen MR) is 108 cm³/mol. The minimum Gasteiger partial charge on any atom is -0.481 e. The van der Waals surface area contributed by atoms with Crippen molar-refractivity contribution in [1.29, 1.82) is 0 Å². The molecule has 0 unspecified atom stereocenters. The average molecular weight is 427 g/mol. The van der Waals surface area contributed by atoms with Crippen LogP contribution in [0.2, 0.25) is 0 Å². The number of nitrogens with zero attached hydrogens (tertiary/aromatic N) is 1. The molecule has 0 aliphatic rings. The van der Waals surface area contributed by atoms with Crippen molar-refractivity contribution in [1.82, 2.24) is 4.68 Å². The first kappa shape index (κ1) is 18.9. The number of nitrogens with one attached hydrogen (secondary N) is 1. The Balaban J connectivity index is 1.96. The van der Waals surface area contributed by atoms with E-state index in [9.17, 15) is 9.59 Å². The number of aromatic nitrogens is 1. The van der Waals surface area contributed by atoms with Crippen LogP contribution >= 0.6 is 15.9 Å². The molecule has 0 saturated carbocycles. The van der Waals surface area contributed by atoms with Crippen molar-refractivity contribution in [3.05, 3.63) is 82.0 Å². The molecule has 27 heavy (non-hydrogen) atoms. The second-order valence-electron chi connectivity index (χ2n) is 6.26. The van der Waals surface area contributed by atoms with Gasteiger partial charge in [0.25, 0.3) is 5.91 Å². The summed E-state index contributed by atoms with van der Waals surface area (Å²) in [6, 6.07) is 18.8. The Morgan fingerprint density at radius 1 is 1.07 bits per heavy atom. The molecule has 138 valence electrons. The minimum atomic E-state index is -0.877. The lowest BCUT2D eigenvalue weighted by Gasteiger charge is -2.15. The molecule has 0 spiro atoms. The molecule has 6 heteroatoms. The molecule has 0 radical (unpaired) electrons. The smallest absolute Gasteiger partial charge is 0.303 e. The van der Waals surface area contributed by atoms with Crippen LogP contribution in [0.15, 0.2) is 65.1 Å². The zero-order valence-electron chi connectivity index (χ0n) is 14.8. The van der Waals surface area contributed by atoms with Crippen LogP contribution in [-0.2, 0) is 11.2 Å². The third-order valence-electron chi connectivity index (χ3n) is 4.19. The number of halogens is 1. The number of hydrogen-bond donors (Lipinski definition) is 2. The summed E-state index contributed by atoms with van der Waals surface area (Å²) in [5.74, 6) is -1.12. The average Bonchev–Trinajstić information content (AvgIpc) is 3.03. The summed E-state index contributed by atoms with van der Waals surface area (Å²) in [6.45, 7) is 1.93. The number of amides is 1. The summed E-state index contributed by atoms with van der Waals surface area (Å²) >= 11 is 3.42. The Labute approximate surface area is 165 Å². The summed E-state index contributed by atoms with van der Waals surface area (Å²) in [4.78, 5) is 23.7. The van der Waals surface area contributed by atoms with Crippen molar-refractivity contribution in [3.8, 4) is 11.3 Å². The fraction of sp³-hybridized carbons (Fsp3) is 0.143. The molecule has 5 nitrogen and oxygen atoms in total. The summed E-state index contributed by atoms with van der Waals surface area (Å²) < 4.78 is 2.64. The number of carbonyl (C=O) groups is 2. The van der Waals surface area contributed by atoms with E-state index in [0.29, 0.717) is 12.0 Å². The number of benzene rings is 2. The molecule has 1 amide bonds. The molecule has 3 rings (SSSR count). The molecular weight excluding hydrogens is 408 g/mol. The SMILES string of the molecule is Cc1cccc(C(=O)Nn2c(CCC(=O)O)ccc2-c2ccc(Br)cc2)c1. The lowest BCUT2D eigenvalue weighted by molar-refractivity contribution is -0.136. The zero-order valence-corrected chi connectivity index (χ0v) is 16.4. The van der Waals surface area contributed by atoms with E-state index in [1.165, 1.54) is 0 Å². The number of carbonyl (C=O) groups excluding carboxylic acids is 1. The lowest BCUT2D eigenvalue weighted by atomic mass is 10.1. The van der Waals surface area contributed by atoms with E-state index in [4.69, 9.17) is 5.11 Å². The molecule has 0 atom stereocenters. The fourth-order valence-electron chi connectivity index (χ4n) is 2.84. The van der Waals surface area contributed by atoms with Crippen molar-refractivity contribution >= 4 is 27.8 Å². The maximum Gasteiger partial charge on any atom is 0.303 e. The minimum absolute atomic E-state index is 0.00981. The van der Waals surface area contributed by atoms with Gasteiger partial charge in [-0.15, -0.1) is 0 Å². The van der Waals surface area contributed by atoms with Crippen LogP contribution in [0.1, 0.15) is 28.0 Å². The van der Waals surface area contributed by atoms with Crippen molar-refractivity contribution < 1.29 is 14.7 Å². The molecular formula is C21H19BrN2O3. The van der Waals surface area contributed by atoms with Crippen LogP contribution in [0.4, 0.5) is 0 Å². The standard InChI is InChI=1S/C21H19BrN2O3/c1-14-3-2-4-16(13-14)21(27)23-24-18(10-12-20(25)26)9-11-19(24)15-5-7-17(22)8-6-15/h2-9,11,13H,10,12H2,1H3,(H,23,27)(H,25,26). The molecule has 0 aliphatic heterocycles. The Hall–Kier alpha value is -2.86. The fourth-order valence-corrected chi connectivity index (χ4v) is 3.10.